The number of nitrogens with zero attached hydrogens (tertiary/aromatic N) is 3. The molecular weight excluding hydrogens is 362 g/mol. The van der Waals surface area contributed by atoms with E-state index in [1.54, 1.807) is 13.2 Å². The predicted octanol–water partition coefficient (Wildman–Crippen LogP) is 3.49. The minimum Gasteiger partial charge on any atom is -0.497 e. The molecule has 1 atom stereocenters. The normalized spacial score (nSPS) is 14.6. The first-order valence-electron chi connectivity index (χ1n) is 9.72. The summed E-state index contributed by atoms with van der Waals surface area (Å²) in [7, 11) is 3.75. The summed E-state index contributed by atoms with van der Waals surface area (Å²) in [6, 6.07) is 14.3. The van der Waals surface area contributed by atoms with Gasteiger partial charge in [-0.3, -0.25) is 0 Å². The van der Waals surface area contributed by atoms with Gasteiger partial charge in [-0.25, -0.2) is 0 Å². The van der Waals surface area contributed by atoms with E-state index in [-0.39, 0.29) is 6.54 Å². The number of likely N-dealkylation sites (N-methyl/N-ethyl adjacent to an activating group) is 1. The zero-order chi connectivity index (χ0) is 21.0. The van der Waals surface area contributed by atoms with Crippen LogP contribution in [0.4, 0.5) is 5.69 Å². The molecule has 0 aliphatic heterocycles. The highest BCUT2D eigenvalue weighted by molar-refractivity contribution is 5.65. The Kier molecular flexibility index (Phi) is 6.23. The second kappa shape index (κ2) is 8.83. The van der Waals surface area contributed by atoms with Crippen molar-refractivity contribution < 1.29 is 9.53 Å². The maximum Gasteiger partial charge on any atom is 0.139 e. The number of carbonyl (C=O) groups is 1. The fourth-order valence-electron chi connectivity index (χ4n) is 3.92. The Balaban J connectivity index is 1.74. The first-order chi connectivity index (χ1) is 14.0. The monoisotopic (exact) mass is 389 g/mol. The quantitative estimate of drug-likeness (QED) is 0.647. The topological polar surface area (TPSA) is 56.6 Å². The number of methoxy groups -OCH3 is 1. The largest absolute Gasteiger partial charge is 0.497 e. The van der Waals surface area contributed by atoms with Crippen molar-refractivity contribution in [1.82, 2.24) is 4.90 Å². The highest BCUT2D eigenvalue weighted by Gasteiger charge is 2.26. The number of ether oxygens (including phenoxy) is 1. The number of anilines is 1. The number of carbonyl (C=O) groups excluding carboxylic acids is 1. The summed E-state index contributed by atoms with van der Waals surface area (Å²) in [5.74, 6) is 0.885. The zero-order valence-electron chi connectivity index (χ0n) is 17.3. The average molecular weight is 389 g/mol. The fourth-order valence-corrected chi connectivity index (χ4v) is 3.92. The molecule has 0 amide bonds. The van der Waals surface area contributed by atoms with Gasteiger partial charge in [0.15, 0.2) is 0 Å². The number of aryl methyl sites for hydroxylation is 1. The van der Waals surface area contributed by atoms with Crippen molar-refractivity contribution >= 4 is 12.0 Å². The average Bonchev–Trinajstić information content (AvgIpc) is 3.16. The smallest absolute Gasteiger partial charge is 0.139 e. The van der Waals surface area contributed by atoms with Gasteiger partial charge in [0.25, 0.3) is 0 Å². The van der Waals surface area contributed by atoms with Crippen LogP contribution < -0.4 is 9.64 Å². The Hall–Kier alpha value is -3.26. The van der Waals surface area contributed by atoms with Crippen LogP contribution in [0.2, 0.25) is 0 Å². The van der Waals surface area contributed by atoms with E-state index in [4.69, 9.17) is 4.74 Å². The highest BCUT2D eigenvalue weighted by atomic mass is 16.5. The van der Waals surface area contributed by atoms with Gasteiger partial charge in [0, 0.05) is 24.5 Å². The third-order valence-corrected chi connectivity index (χ3v) is 5.72. The second-order valence-electron chi connectivity index (χ2n) is 7.53. The van der Waals surface area contributed by atoms with E-state index in [1.165, 1.54) is 11.1 Å². The van der Waals surface area contributed by atoms with Crippen LogP contribution in [0, 0.1) is 18.3 Å². The SMILES string of the molecule is C=C(CN(CC=O)c1cc(C#N)ccc1C)N(C)C1Cc2ccc(OC)cc2C1. The molecule has 0 saturated heterocycles. The third-order valence-electron chi connectivity index (χ3n) is 5.72. The molecule has 1 unspecified atom stereocenters. The van der Waals surface area contributed by atoms with Crippen molar-refractivity contribution in [3.8, 4) is 11.8 Å². The molecular formula is C24H27N3O2. The van der Waals surface area contributed by atoms with Crippen LogP contribution in [0.3, 0.4) is 0 Å². The van der Waals surface area contributed by atoms with Crippen molar-refractivity contribution in [3.63, 3.8) is 0 Å². The van der Waals surface area contributed by atoms with Gasteiger partial charge in [0.05, 0.1) is 31.8 Å². The van der Waals surface area contributed by atoms with Crippen molar-refractivity contribution in [2.75, 3.05) is 32.1 Å². The standard InChI is InChI=1S/C24H27N3O2/c1-17-5-6-19(15-25)11-24(17)27(9-10-28)16-18(2)26(3)22-12-20-7-8-23(29-4)14-21(20)13-22/h5-8,10-11,14,22H,2,9,12-13,16H2,1,3-4H3. The molecule has 0 radical (unpaired) electrons. The van der Waals surface area contributed by atoms with E-state index in [0.29, 0.717) is 18.2 Å². The third kappa shape index (κ3) is 4.43. The van der Waals surface area contributed by atoms with Gasteiger partial charge < -0.3 is 19.3 Å². The first-order valence-corrected chi connectivity index (χ1v) is 9.72. The number of benzene rings is 2. The molecule has 5 heteroatoms. The van der Waals surface area contributed by atoms with E-state index >= 15 is 0 Å². The first kappa shape index (κ1) is 20.5. The van der Waals surface area contributed by atoms with E-state index in [9.17, 15) is 10.1 Å². The van der Waals surface area contributed by atoms with E-state index in [0.717, 1.165) is 41.8 Å². The van der Waals surface area contributed by atoms with Crippen molar-refractivity contribution in [1.29, 1.82) is 5.26 Å². The molecule has 1 aliphatic carbocycles. The summed E-state index contributed by atoms with van der Waals surface area (Å²) in [4.78, 5) is 15.5. The Bertz CT molecular complexity index is 961. The van der Waals surface area contributed by atoms with Gasteiger partial charge in [-0.15, -0.1) is 0 Å². The summed E-state index contributed by atoms with van der Waals surface area (Å²) in [5, 5.41) is 9.23. The van der Waals surface area contributed by atoms with Crippen LogP contribution in [0.25, 0.3) is 0 Å². The summed E-state index contributed by atoms with van der Waals surface area (Å²) in [6.07, 6.45) is 2.80. The van der Waals surface area contributed by atoms with Gasteiger partial charge in [0.2, 0.25) is 0 Å². The molecule has 0 saturated carbocycles. The van der Waals surface area contributed by atoms with Gasteiger partial charge in [-0.1, -0.05) is 18.7 Å². The van der Waals surface area contributed by atoms with Crippen LogP contribution in [0.1, 0.15) is 22.3 Å². The number of rotatable bonds is 8. The molecule has 3 rings (SSSR count). The Labute approximate surface area is 172 Å². The zero-order valence-corrected chi connectivity index (χ0v) is 17.3. The molecule has 0 fully saturated rings. The number of hydrogen-bond donors (Lipinski definition) is 0. The van der Waals surface area contributed by atoms with Crippen LogP contribution in [0.5, 0.6) is 5.75 Å². The van der Waals surface area contributed by atoms with E-state index < -0.39 is 0 Å². The van der Waals surface area contributed by atoms with E-state index in [1.807, 2.05) is 30.0 Å². The lowest BCUT2D eigenvalue weighted by molar-refractivity contribution is -0.106. The van der Waals surface area contributed by atoms with Crippen LogP contribution in [-0.2, 0) is 17.6 Å². The van der Waals surface area contributed by atoms with Crippen molar-refractivity contribution in [2.45, 2.75) is 25.8 Å². The number of hydrogen-bond acceptors (Lipinski definition) is 5. The molecule has 0 heterocycles. The molecule has 0 aromatic heterocycles. The minimum atomic E-state index is 0.255. The van der Waals surface area contributed by atoms with Crippen LogP contribution >= 0.6 is 0 Å². The lowest BCUT2D eigenvalue weighted by Gasteiger charge is -2.33. The molecule has 2 aromatic rings. The number of nitriles is 1. The lowest BCUT2D eigenvalue weighted by atomic mass is 10.1. The number of aldehydes is 1. The van der Waals surface area contributed by atoms with Gasteiger partial charge in [-0.2, -0.15) is 5.26 Å². The van der Waals surface area contributed by atoms with E-state index in [2.05, 4.69) is 36.7 Å². The van der Waals surface area contributed by atoms with Crippen LogP contribution in [0.15, 0.2) is 48.7 Å². The molecule has 5 nitrogen and oxygen atoms in total. The summed E-state index contributed by atoms with van der Waals surface area (Å²) >= 11 is 0. The minimum absolute atomic E-state index is 0.255. The molecule has 150 valence electrons. The van der Waals surface area contributed by atoms with Gasteiger partial charge in [0.1, 0.15) is 12.0 Å². The lowest BCUT2D eigenvalue weighted by Crippen LogP contribution is -2.38. The van der Waals surface area contributed by atoms with Crippen molar-refractivity contribution in [3.05, 3.63) is 70.9 Å². The molecule has 2 aromatic carbocycles. The Morgan fingerprint density at radius 3 is 2.72 bits per heavy atom. The summed E-state index contributed by atoms with van der Waals surface area (Å²) in [6.45, 7) is 7.07. The maximum atomic E-state index is 11.3. The Morgan fingerprint density at radius 2 is 2.03 bits per heavy atom. The van der Waals surface area contributed by atoms with Gasteiger partial charge >= 0.3 is 0 Å². The molecule has 0 bridgehead atoms. The maximum absolute atomic E-state index is 11.3. The van der Waals surface area contributed by atoms with Gasteiger partial charge in [-0.05, 0) is 60.7 Å². The summed E-state index contributed by atoms with van der Waals surface area (Å²) < 4.78 is 5.35. The molecule has 29 heavy (non-hydrogen) atoms. The molecule has 0 N–H and O–H groups in total. The van der Waals surface area contributed by atoms with Crippen molar-refractivity contribution in [2.24, 2.45) is 0 Å². The highest BCUT2D eigenvalue weighted by Crippen LogP contribution is 2.30. The van der Waals surface area contributed by atoms with Crippen LogP contribution in [-0.4, -0.2) is 44.5 Å². The second-order valence-corrected chi connectivity index (χ2v) is 7.53. The Morgan fingerprint density at radius 1 is 1.28 bits per heavy atom. The fraction of sp³-hybridized carbons (Fsp3) is 0.333. The molecule has 0 spiro atoms. The molecule has 1 aliphatic rings. The predicted molar refractivity (Wildman–Crippen MR) is 115 cm³/mol. The number of fused-ring (bicyclic) bond motifs is 1. The summed E-state index contributed by atoms with van der Waals surface area (Å²) in [5.41, 5.74) is 6.11.